The summed E-state index contributed by atoms with van der Waals surface area (Å²) in [6, 6.07) is 1.37. The molecule has 0 unspecified atom stereocenters. The molecular weight excluding hydrogens is 236 g/mol. The Balaban J connectivity index is 2.43. The Labute approximate surface area is 105 Å². The first-order chi connectivity index (χ1) is 8.35. The number of amides is 2. The van der Waals surface area contributed by atoms with E-state index in [0.29, 0.717) is 13.1 Å². The Morgan fingerprint density at radius 3 is 2.67 bits per heavy atom. The third-order valence-electron chi connectivity index (χ3n) is 2.84. The molecule has 1 rings (SSSR count). The monoisotopic (exact) mass is 254 g/mol. The van der Waals surface area contributed by atoms with Crippen LogP contribution in [0.5, 0.6) is 0 Å². The van der Waals surface area contributed by atoms with E-state index in [1.54, 1.807) is 23.1 Å². The Kier molecular flexibility index (Phi) is 4.30. The van der Waals surface area contributed by atoms with Crippen LogP contribution in [0.25, 0.3) is 0 Å². The van der Waals surface area contributed by atoms with Gasteiger partial charge in [0.15, 0.2) is 0 Å². The molecule has 0 aromatic carbocycles. The number of rotatable bonds is 5. The van der Waals surface area contributed by atoms with E-state index in [2.05, 4.69) is 10.4 Å². The summed E-state index contributed by atoms with van der Waals surface area (Å²) in [7, 11) is 1.46. The number of hydrogen-bond donors (Lipinski definition) is 2. The smallest absolute Gasteiger partial charge is 0.329 e. The Morgan fingerprint density at radius 2 is 2.17 bits per heavy atom. The van der Waals surface area contributed by atoms with E-state index < -0.39 is 17.5 Å². The van der Waals surface area contributed by atoms with Gasteiger partial charge in [-0.2, -0.15) is 5.10 Å². The number of carboxylic acid groups (broad SMARTS) is 1. The van der Waals surface area contributed by atoms with Gasteiger partial charge >= 0.3 is 12.0 Å². The number of aromatic nitrogens is 2. The minimum atomic E-state index is -1.24. The standard InChI is InChI=1S/C11H18N4O3/c1-11(2,9(16)17)14(3)10(18)12-6-8-15-7-4-5-13-15/h4-5,7H,6,8H2,1-3H3,(H,12,18)(H,16,17). The highest BCUT2D eigenvalue weighted by Crippen LogP contribution is 2.12. The molecule has 0 saturated carbocycles. The summed E-state index contributed by atoms with van der Waals surface area (Å²) in [4.78, 5) is 23.9. The van der Waals surface area contributed by atoms with Gasteiger partial charge in [-0.05, 0) is 19.9 Å². The molecule has 100 valence electrons. The maximum absolute atomic E-state index is 11.7. The summed E-state index contributed by atoms with van der Waals surface area (Å²) >= 11 is 0. The second-order valence-corrected chi connectivity index (χ2v) is 4.42. The molecule has 0 aliphatic heterocycles. The molecule has 0 aliphatic rings. The third-order valence-corrected chi connectivity index (χ3v) is 2.84. The molecular formula is C11H18N4O3. The van der Waals surface area contributed by atoms with Crippen LogP contribution in [0.2, 0.25) is 0 Å². The van der Waals surface area contributed by atoms with E-state index in [1.807, 2.05) is 0 Å². The largest absolute Gasteiger partial charge is 0.480 e. The van der Waals surface area contributed by atoms with E-state index in [0.717, 1.165) is 0 Å². The highest BCUT2D eigenvalue weighted by Gasteiger charge is 2.34. The zero-order valence-electron chi connectivity index (χ0n) is 10.8. The molecule has 7 nitrogen and oxygen atoms in total. The van der Waals surface area contributed by atoms with Gasteiger partial charge in [-0.25, -0.2) is 9.59 Å². The number of nitrogens with one attached hydrogen (secondary N) is 1. The lowest BCUT2D eigenvalue weighted by molar-refractivity contribution is -0.146. The van der Waals surface area contributed by atoms with Crippen LogP contribution in [0.1, 0.15) is 13.8 Å². The van der Waals surface area contributed by atoms with Crippen molar-refractivity contribution in [2.45, 2.75) is 25.9 Å². The summed E-state index contributed by atoms with van der Waals surface area (Å²) in [6.45, 7) is 3.88. The molecule has 18 heavy (non-hydrogen) atoms. The Hall–Kier alpha value is -2.05. The Bertz CT molecular complexity index is 414. The molecule has 0 bridgehead atoms. The van der Waals surface area contributed by atoms with Crippen LogP contribution in [0, 0.1) is 0 Å². The van der Waals surface area contributed by atoms with Crippen LogP contribution in [0.15, 0.2) is 18.5 Å². The van der Waals surface area contributed by atoms with E-state index >= 15 is 0 Å². The maximum Gasteiger partial charge on any atom is 0.329 e. The van der Waals surface area contributed by atoms with Gasteiger partial charge in [0.05, 0.1) is 6.54 Å². The predicted molar refractivity (Wildman–Crippen MR) is 65.1 cm³/mol. The first-order valence-electron chi connectivity index (χ1n) is 5.58. The van der Waals surface area contributed by atoms with Crippen molar-refractivity contribution in [1.82, 2.24) is 20.0 Å². The first-order valence-corrected chi connectivity index (χ1v) is 5.58. The van der Waals surface area contributed by atoms with Crippen molar-refractivity contribution >= 4 is 12.0 Å². The van der Waals surface area contributed by atoms with Crippen LogP contribution in [0.4, 0.5) is 4.79 Å². The fourth-order valence-corrected chi connectivity index (χ4v) is 1.23. The summed E-state index contributed by atoms with van der Waals surface area (Å²) in [6.07, 6.45) is 3.44. The van der Waals surface area contributed by atoms with Gasteiger partial charge in [-0.1, -0.05) is 0 Å². The summed E-state index contributed by atoms with van der Waals surface area (Å²) in [5.74, 6) is -1.05. The zero-order valence-corrected chi connectivity index (χ0v) is 10.8. The van der Waals surface area contributed by atoms with Crippen LogP contribution >= 0.6 is 0 Å². The number of carbonyl (C=O) groups excluding carboxylic acids is 1. The number of nitrogens with zero attached hydrogens (tertiary/aromatic N) is 3. The van der Waals surface area contributed by atoms with Crippen molar-refractivity contribution in [2.75, 3.05) is 13.6 Å². The van der Waals surface area contributed by atoms with Crippen LogP contribution < -0.4 is 5.32 Å². The lowest BCUT2D eigenvalue weighted by Crippen LogP contribution is -2.54. The molecule has 1 aromatic heterocycles. The molecule has 0 spiro atoms. The van der Waals surface area contributed by atoms with Crippen molar-refractivity contribution in [3.8, 4) is 0 Å². The van der Waals surface area contributed by atoms with E-state index in [9.17, 15) is 9.59 Å². The molecule has 1 heterocycles. The topological polar surface area (TPSA) is 87.5 Å². The highest BCUT2D eigenvalue weighted by atomic mass is 16.4. The van der Waals surface area contributed by atoms with Gasteiger partial charge in [-0.15, -0.1) is 0 Å². The molecule has 2 amide bonds. The van der Waals surface area contributed by atoms with Crippen LogP contribution in [-0.4, -0.2) is 50.9 Å². The van der Waals surface area contributed by atoms with Crippen LogP contribution in [0.3, 0.4) is 0 Å². The number of likely N-dealkylation sites (N-methyl/N-ethyl adjacent to an activating group) is 1. The maximum atomic E-state index is 11.7. The van der Waals surface area contributed by atoms with E-state index in [4.69, 9.17) is 5.11 Å². The second-order valence-electron chi connectivity index (χ2n) is 4.42. The van der Waals surface area contributed by atoms with Crippen LogP contribution in [-0.2, 0) is 11.3 Å². The predicted octanol–water partition coefficient (Wildman–Crippen LogP) is 0.388. The van der Waals surface area contributed by atoms with Gasteiger partial charge in [0.25, 0.3) is 0 Å². The molecule has 2 N–H and O–H groups in total. The minimum Gasteiger partial charge on any atom is -0.480 e. The molecule has 0 saturated heterocycles. The molecule has 0 atom stereocenters. The van der Waals surface area contributed by atoms with Gasteiger partial charge in [0.2, 0.25) is 0 Å². The first kappa shape index (κ1) is 14.0. The number of carbonyl (C=O) groups is 2. The van der Waals surface area contributed by atoms with Crippen molar-refractivity contribution in [3.63, 3.8) is 0 Å². The van der Waals surface area contributed by atoms with Crippen molar-refractivity contribution in [1.29, 1.82) is 0 Å². The molecule has 1 aromatic rings. The molecule has 0 radical (unpaired) electrons. The molecule has 0 aliphatic carbocycles. The molecule has 0 fully saturated rings. The van der Waals surface area contributed by atoms with Crippen molar-refractivity contribution < 1.29 is 14.7 Å². The zero-order chi connectivity index (χ0) is 13.8. The van der Waals surface area contributed by atoms with E-state index in [-0.39, 0.29) is 0 Å². The van der Waals surface area contributed by atoms with Crippen molar-refractivity contribution in [2.24, 2.45) is 0 Å². The Morgan fingerprint density at radius 1 is 1.50 bits per heavy atom. The summed E-state index contributed by atoms with van der Waals surface area (Å²) in [5, 5.41) is 15.6. The minimum absolute atomic E-state index is 0.389. The highest BCUT2D eigenvalue weighted by molar-refractivity contribution is 5.85. The number of carboxylic acids is 1. The fourth-order valence-electron chi connectivity index (χ4n) is 1.23. The average molecular weight is 254 g/mol. The van der Waals surface area contributed by atoms with Gasteiger partial charge in [-0.3, -0.25) is 4.68 Å². The normalized spacial score (nSPS) is 11.1. The number of urea groups is 1. The number of aliphatic carboxylic acids is 1. The average Bonchev–Trinajstić information content (AvgIpc) is 2.80. The summed E-state index contributed by atoms with van der Waals surface area (Å²) in [5.41, 5.74) is -1.24. The van der Waals surface area contributed by atoms with Crippen molar-refractivity contribution in [3.05, 3.63) is 18.5 Å². The summed E-state index contributed by atoms with van der Waals surface area (Å²) < 4.78 is 1.68. The quantitative estimate of drug-likeness (QED) is 0.795. The van der Waals surface area contributed by atoms with Gasteiger partial charge < -0.3 is 15.3 Å². The fraction of sp³-hybridized carbons (Fsp3) is 0.545. The lowest BCUT2D eigenvalue weighted by atomic mass is 10.1. The molecule has 7 heteroatoms. The SMILES string of the molecule is CN(C(=O)NCCn1cccn1)C(C)(C)C(=O)O. The van der Waals surface area contributed by atoms with E-state index in [1.165, 1.54) is 25.8 Å². The lowest BCUT2D eigenvalue weighted by Gasteiger charge is -2.31. The third kappa shape index (κ3) is 3.22. The van der Waals surface area contributed by atoms with Gasteiger partial charge in [0.1, 0.15) is 5.54 Å². The van der Waals surface area contributed by atoms with Gasteiger partial charge in [0, 0.05) is 26.0 Å². The number of hydrogen-bond acceptors (Lipinski definition) is 3. The second kappa shape index (κ2) is 5.52.